The molecule has 1 aromatic rings. The highest BCUT2D eigenvalue weighted by atomic mass is 16.5. The van der Waals surface area contributed by atoms with Gasteiger partial charge in [-0.2, -0.15) is 0 Å². The summed E-state index contributed by atoms with van der Waals surface area (Å²) in [4.78, 5) is 8.70. The Labute approximate surface area is 121 Å². The molecule has 0 amide bonds. The second-order valence-electron chi connectivity index (χ2n) is 5.61. The first-order valence-electron chi connectivity index (χ1n) is 7.62. The van der Waals surface area contributed by atoms with Crippen LogP contribution in [0.1, 0.15) is 45.1 Å². The van der Waals surface area contributed by atoms with E-state index in [0.717, 1.165) is 49.4 Å². The van der Waals surface area contributed by atoms with Gasteiger partial charge in [0.25, 0.3) is 0 Å². The second kappa shape index (κ2) is 7.43. The SMILES string of the molecule is CCNc1ncnc(NCCOCC2CC2)c1C(C)C. The van der Waals surface area contributed by atoms with E-state index in [-0.39, 0.29) is 0 Å². The van der Waals surface area contributed by atoms with Crippen molar-refractivity contribution in [1.29, 1.82) is 0 Å². The second-order valence-corrected chi connectivity index (χ2v) is 5.61. The summed E-state index contributed by atoms with van der Waals surface area (Å²) in [5.74, 6) is 3.04. The van der Waals surface area contributed by atoms with Gasteiger partial charge in [0.2, 0.25) is 0 Å². The lowest BCUT2D eigenvalue weighted by Gasteiger charge is -2.17. The van der Waals surface area contributed by atoms with Gasteiger partial charge in [-0.05, 0) is 31.6 Å². The topological polar surface area (TPSA) is 59.1 Å². The average Bonchev–Trinajstić information content (AvgIpc) is 3.22. The molecule has 0 radical (unpaired) electrons. The summed E-state index contributed by atoms with van der Waals surface area (Å²) in [6, 6.07) is 0. The number of anilines is 2. The third-order valence-corrected chi connectivity index (χ3v) is 3.39. The minimum Gasteiger partial charge on any atom is -0.379 e. The first-order chi connectivity index (χ1) is 9.72. The van der Waals surface area contributed by atoms with Gasteiger partial charge in [0.1, 0.15) is 18.0 Å². The van der Waals surface area contributed by atoms with E-state index in [0.29, 0.717) is 5.92 Å². The smallest absolute Gasteiger partial charge is 0.135 e. The zero-order valence-corrected chi connectivity index (χ0v) is 12.8. The van der Waals surface area contributed by atoms with Crippen LogP contribution in [-0.2, 0) is 4.74 Å². The fourth-order valence-electron chi connectivity index (χ4n) is 2.17. The molecule has 112 valence electrons. The molecular weight excluding hydrogens is 252 g/mol. The molecule has 1 fully saturated rings. The largest absolute Gasteiger partial charge is 0.379 e. The summed E-state index contributed by atoms with van der Waals surface area (Å²) in [6.45, 7) is 9.68. The van der Waals surface area contributed by atoms with Gasteiger partial charge in [0, 0.05) is 25.3 Å². The van der Waals surface area contributed by atoms with Crippen LogP contribution in [0, 0.1) is 5.92 Å². The third-order valence-electron chi connectivity index (χ3n) is 3.39. The van der Waals surface area contributed by atoms with E-state index in [4.69, 9.17) is 4.74 Å². The van der Waals surface area contributed by atoms with Gasteiger partial charge in [-0.3, -0.25) is 0 Å². The Morgan fingerprint density at radius 3 is 2.55 bits per heavy atom. The van der Waals surface area contributed by atoms with E-state index >= 15 is 0 Å². The molecule has 2 rings (SSSR count). The molecule has 5 nitrogen and oxygen atoms in total. The lowest BCUT2D eigenvalue weighted by atomic mass is 10.0. The first kappa shape index (κ1) is 15.0. The Hall–Kier alpha value is -1.36. The Morgan fingerprint density at radius 2 is 1.95 bits per heavy atom. The Kier molecular flexibility index (Phi) is 5.59. The molecule has 1 aromatic heterocycles. The standard InChI is InChI=1S/C15H26N4O/c1-4-16-14-13(11(2)3)15(19-10-18-14)17-7-8-20-9-12-5-6-12/h10-12H,4-9H2,1-3H3,(H2,16,17,18,19). The van der Waals surface area contributed by atoms with Gasteiger partial charge in [0.05, 0.1) is 6.61 Å². The van der Waals surface area contributed by atoms with Crippen molar-refractivity contribution in [2.75, 3.05) is 36.9 Å². The molecule has 5 heteroatoms. The maximum absolute atomic E-state index is 5.64. The molecule has 1 heterocycles. The number of ether oxygens (including phenoxy) is 1. The monoisotopic (exact) mass is 278 g/mol. The Morgan fingerprint density at radius 1 is 1.25 bits per heavy atom. The molecule has 0 spiro atoms. The van der Waals surface area contributed by atoms with Gasteiger partial charge in [-0.25, -0.2) is 9.97 Å². The third kappa shape index (κ3) is 4.34. The van der Waals surface area contributed by atoms with Crippen molar-refractivity contribution in [2.24, 2.45) is 5.92 Å². The van der Waals surface area contributed by atoms with Crippen LogP contribution in [0.3, 0.4) is 0 Å². The summed E-state index contributed by atoms with van der Waals surface area (Å²) in [5.41, 5.74) is 1.15. The van der Waals surface area contributed by atoms with Crippen molar-refractivity contribution in [3.05, 3.63) is 11.9 Å². The van der Waals surface area contributed by atoms with E-state index in [1.54, 1.807) is 6.33 Å². The van der Waals surface area contributed by atoms with Gasteiger partial charge < -0.3 is 15.4 Å². The highest BCUT2D eigenvalue weighted by Gasteiger charge is 2.21. The van der Waals surface area contributed by atoms with Crippen LogP contribution in [0.2, 0.25) is 0 Å². The number of nitrogens with one attached hydrogen (secondary N) is 2. The predicted octanol–water partition coefficient (Wildman–Crippen LogP) is 2.87. The fraction of sp³-hybridized carbons (Fsp3) is 0.733. The van der Waals surface area contributed by atoms with Gasteiger partial charge in [-0.1, -0.05) is 13.8 Å². The summed E-state index contributed by atoms with van der Waals surface area (Å²) in [6.07, 6.45) is 4.28. The molecule has 0 aliphatic heterocycles. The average molecular weight is 278 g/mol. The zero-order valence-electron chi connectivity index (χ0n) is 12.8. The van der Waals surface area contributed by atoms with Crippen molar-refractivity contribution in [1.82, 2.24) is 9.97 Å². The molecule has 1 saturated carbocycles. The van der Waals surface area contributed by atoms with Crippen LogP contribution in [0.15, 0.2) is 6.33 Å². The van der Waals surface area contributed by atoms with Gasteiger partial charge in [0.15, 0.2) is 0 Å². The maximum Gasteiger partial charge on any atom is 0.135 e. The number of rotatable bonds is 9. The molecular formula is C15H26N4O. The molecule has 0 bridgehead atoms. The normalized spacial score (nSPS) is 14.6. The van der Waals surface area contributed by atoms with Crippen LogP contribution in [-0.4, -0.2) is 36.3 Å². The van der Waals surface area contributed by atoms with E-state index < -0.39 is 0 Å². The maximum atomic E-state index is 5.64. The van der Waals surface area contributed by atoms with E-state index in [1.807, 2.05) is 0 Å². The van der Waals surface area contributed by atoms with Crippen LogP contribution in [0.4, 0.5) is 11.6 Å². The molecule has 2 N–H and O–H groups in total. The number of nitrogens with zero attached hydrogens (tertiary/aromatic N) is 2. The minimum atomic E-state index is 0.375. The lowest BCUT2D eigenvalue weighted by molar-refractivity contribution is 0.134. The molecule has 1 aliphatic carbocycles. The van der Waals surface area contributed by atoms with Crippen molar-refractivity contribution in [2.45, 2.75) is 39.5 Å². The minimum absolute atomic E-state index is 0.375. The fourth-order valence-corrected chi connectivity index (χ4v) is 2.17. The molecule has 0 saturated heterocycles. The van der Waals surface area contributed by atoms with Gasteiger partial charge in [-0.15, -0.1) is 0 Å². The highest BCUT2D eigenvalue weighted by Crippen LogP contribution is 2.29. The predicted molar refractivity (Wildman–Crippen MR) is 82.3 cm³/mol. The molecule has 0 atom stereocenters. The quantitative estimate of drug-likeness (QED) is 0.680. The van der Waals surface area contributed by atoms with Crippen LogP contribution >= 0.6 is 0 Å². The number of hydrogen-bond donors (Lipinski definition) is 2. The van der Waals surface area contributed by atoms with Gasteiger partial charge >= 0.3 is 0 Å². The molecule has 20 heavy (non-hydrogen) atoms. The van der Waals surface area contributed by atoms with E-state index in [2.05, 4.69) is 41.4 Å². The Balaban J connectivity index is 1.89. The zero-order chi connectivity index (χ0) is 14.4. The molecule has 1 aliphatic rings. The van der Waals surface area contributed by atoms with Crippen molar-refractivity contribution in [3.8, 4) is 0 Å². The van der Waals surface area contributed by atoms with Crippen LogP contribution in [0.25, 0.3) is 0 Å². The summed E-state index contributed by atoms with van der Waals surface area (Å²) in [5, 5.41) is 6.67. The molecule has 0 aromatic carbocycles. The van der Waals surface area contributed by atoms with E-state index in [1.165, 1.54) is 12.8 Å². The van der Waals surface area contributed by atoms with Crippen molar-refractivity contribution in [3.63, 3.8) is 0 Å². The van der Waals surface area contributed by atoms with E-state index in [9.17, 15) is 0 Å². The summed E-state index contributed by atoms with van der Waals surface area (Å²) in [7, 11) is 0. The summed E-state index contributed by atoms with van der Waals surface area (Å²) >= 11 is 0. The lowest BCUT2D eigenvalue weighted by Crippen LogP contribution is -2.15. The number of hydrogen-bond acceptors (Lipinski definition) is 5. The molecule has 0 unspecified atom stereocenters. The number of aromatic nitrogens is 2. The van der Waals surface area contributed by atoms with Crippen molar-refractivity contribution >= 4 is 11.6 Å². The Bertz CT molecular complexity index is 418. The first-order valence-corrected chi connectivity index (χ1v) is 7.62. The van der Waals surface area contributed by atoms with Crippen LogP contribution < -0.4 is 10.6 Å². The van der Waals surface area contributed by atoms with Crippen molar-refractivity contribution < 1.29 is 4.74 Å². The van der Waals surface area contributed by atoms with Crippen LogP contribution in [0.5, 0.6) is 0 Å². The highest BCUT2D eigenvalue weighted by molar-refractivity contribution is 5.58. The summed E-state index contributed by atoms with van der Waals surface area (Å²) < 4.78 is 5.64.